The number of aliphatic hydroxyl groups excluding tert-OH is 1. The van der Waals surface area contributed by atoms with Crippen molar-refractivity contribution in [2.75, 3.05) is 13.1 Å². The minimum atomic E-state index is -3.56. The maximum absolute atomic E-state index is 12.6. The number of nitrogens with zero attached hydrogens (tertiary/aromatic N) is 2. The molecule has 3 rings (SSSR count). The molecule has 0 amide bonds. The zero-order valence-corrected chi connectivity index (χ0v) is 14.1. The van der Waals surface area contributed by atoms with Gasteiger partial charge in [-0.25, -0.2) is 8.42 Å². The van der Waals surface area contributed by atoms with Gasteiger partial charge in [-0.05, 0) is 37.1 Å². The molecule has 1 aliphatic heterocycles. The van der Waals surface area contributed by atoms with Gasteiger partial charge in [0.25, 0.3) is 0 Å². The van der Waals surface area contributed by atoms with E-state index in [9.17, 15) is 13.5 Å². The molecule has 0 aliphatic carbocycles. The van der Waals surface area contributed by atoms with E-state index in [-0.39, 0.29) is 11.4 Å². The maximum atomic E-state index is 12.6. The second kappa shape index (κ2) is 6.96. The molecule has 0 spiro atoms. The van der Waals surface area contributed by atoms with Crippen LogP contribution in [0.25, 0.3) is 0 Å². The molecule has 1 aromatic carbocycles. The summed E-state index contributed by atoms with van der Waals surface area (Å²) in [5.41, 5.74) is 1.74. The number of benzene rings is 1. The summed E-state index contributed by atoms with van der Waals surface area (Å²) in [6, 6.07) is 6.37. The zero-order valence-electron chi connectivity index (χ0n) is 12.5. The van der Waals surface area contributed by atoms with Crippen molar-refractivity contribution in [3.05, 3.63) is 40.8 Å². The standard InChI is InChI=1S/C15H18N2O4S2/c18-12-2-1-7-17(9-12)23(19,20)15-5-3-13(4-6-15)21-10-14-8-16-11-22-14/h3-6,8,11-12,18H,1-2,7,9-10H2. The molecule has 1 saturated heterocycles. The van der Waals surface area contributed by atoms with Crippen LogP contribution in [0.5, 0.6) is 5.75 Å². The molecule has 0 saturated carbocycles. The average molecular weight is 354 g/mol. The van der Waals surface area contributed by atoms with Crippen molar-refractivity contribution in [3.63, 3.8) is 0 Å². The first-order valence-corrected chi connectivity index (χ1v) is 9.66. The number of aromatic nitrogens is 1. The topological polar surface area (TPSA) is 79.7 Å². The third-order valence-corrected chi connectivity index (χ3v) is 6.32. The number of ether oxygens (including phenoxy) is 1. The molecule has 2 heterocycles. The van der Waals surface area contributed by atoms with E-state index in [0.717, 1.165) is 4.88 Å². The predicted octanol–water partition coefficient (Wildman–Crippen LogP) is 1.87. The minimum absolute atomic E-state index is 0.159. The van der Waals surface area contributed by atoms with Crippen molar-refractivity contribution in [2.24, 2.45) is 0 Å². The molecule has 1 atom stereocenters. The SMILES string of the molecule is O=S(=O)(c1ccc(OCc2cncs2)cc1)N1CCCC(O)C1. The van der Waals surface area contributed by atoms with E-state index in [1.165, 1.54) is 15.6 Å². The minimum Gasteiger partial charge on any atom is -0.488 e. The Morgan fingerprint density at radius 3 is 2.78 bits per heavy atom. The van der Waals surface area contributed by atoms with Crippen molar-refractivity contribution < 1.29 is 18.3 Å². The summed E-state index contributed by atoms with van der Waals surface area (Å²) < 4.78 is 32.1. The molecule has 124 valence electrons. The average Bonchev–Trinajstić information content (AvgIpc) is 3.07. The van der Waals surface area contributed by atoms with E-state index in [4.69, 9.17) is 4.74 Å². The smallest absolute Gasteiger partial charge is 0.243 e. The van der Waals surface area contributed by atoms with Gasteiger partial charge in [-0.3, -0.25) is 4.98 Å². The lowest BCUT2D eigenvalue weighted by Gasteiger charge is -2.29. The lowest BCUT2D eigenvalue weighted by atomic mass is 10.1. The quantitative estimate of drug-likeness (QED) is 0.887. The van der Waals surface area contributed by atoms with Gasteiger partial charge in [-0.2, -0.15) is 4.31 Å². The number of hydrogen-bond donors (Lipinski definition) is 1. The second-order valence-electron chi connectivity index (χ2n) is 5.39. The van der Waals surface area contributed by atoms with Crippen LogP contribution in [0.2, 0.25) is 0 Å². The monoisotopic (exact) mass is 354 g/mol. The van der Waals surface area contributed by atoms with Gasteiger partial charge in [0.2, 0.25) is 10.0 Å². The van der Waals surface area contributed by atoms with Gasteiger partial charge in [0.15, 0.2) is 0 Å². The second-order valence-corrected chi connectivity index (χ2v) is 8.30. The third-order valence-electron chi connectivity index (χ3n) is 3.69. The number of aliphatic hydroxyl groups is 1. The van der Waals surface area contributed by atoms with Gasteiger partial charge in [-0.15, -0.1) is 11.3 Å². The highest BCUT2D eigenvalue weighted by Crippen LogP contribution is 2.23. The van der Waals surface area contributed by atoms with Gasteiger partial charge in [-0.1, -0.05) is 0 Å². The lowest BCUT2D eigenvalue weighted by Crippen LogP contribution is -2.42. The Morgan fingerprint density at radius 2 is 2.13 bits per heavy atom. The van der Waals surface area contributed by atoms with Gasteiger partial charge in [0.1, 0.15) is 12.4 Å². The van der Waals surface area contributed by atoms with Crippen LogP contribution in [0, 0.1) is 0 Å². The lowest BCUT2D eigenvalue weighted by molar-refractivity contribution is 0.108. The first kappa shape index (κ1) is 16.4. The molecule has 8 heteroatoms. The molecule has 2 aromatic rings. The van der Waals surface area contributed by atoms with Crippen molar-refractivity contribution >= 4 is 21.4 Å². The molecule has 1 fully saturated rings. The van der Waals surface area contributed by atoms with E-state index in [1.54, 1.807) is 36.0 Å². The van der Waals surface area contributed by atoms with Crippen LogP contribution in [-0.2, 0) is 16.6 Å². The summed E-state index contributed by atoms with van der Waals surface area (Å²) in [6.45, 7) is 1.02. The van der Waals surface area contributed by atoms with E-state index in [0.29, 0.717) is 31.7 Å². The predicted molar refractivity (Wildman–Crippen MR) is 86.9 cm³/mol. The van der Waals surface area contributed by atoms with Crippen LogP contribution in [-0.4, -0.2) is 42.0 Å². The van der Waals surface area contributed by atoms with Crippen LogP contribution in [0.1, 0.15) is 17.7 Å². The number of hydrogen-bond acceptors (Lipinski definition) is 6. The van der Waals surface area contributed by atoms with E-state index >= 15 is 0 Å². The van der Waals surface area contributed by atoms with Gasteiger partial charge in [0.05, 0.1) is 21.4 Å². The molecule has 1 aliphatic rings. The molecular formula is C15H18N2O4S2. The van der Waals surface area contributed by atoms with E-state index in [1.807, 2.05) is 0 Å². The number of thiazole rings is 1. The molecule has 1 unspecified atom stereocenters. The molecular weight excluding hydrogens is 336 g/mol. The number of piperidine rings is 1. The fourth-order valence-corrected chi connectivity index (χ4v) is 4.49. The van der Waals surface area contributed by atoms with Crippen molar-refractivity contribution in [1.29, 1.82) is 0 Å². The Hall–Kier alpha value is -1.48. The van der Waals surface area contributed by atoms with Crippen LogP contribution in [0.3, 0.4) is 0 Å². The Balaban J connectivity index is 1.68. The van der Waals surface area contributed by atoms with Gasteiger partial charge in [0, 0.05) is 19.3 Å². The highest BCUT2D eigenvalue weighted by Gasteiger charge is 2.29. The summed E-state index contributed by atoms with van der Waals surface area (Å²) in [4.78, 5) is 5.19. The van der Waals surface area contributed by atoms with Crippen LogP contribution < -0.4 is 4.74 Å². The van der Waals surface area contributed by atoms with Gasteiger partial charge >= 0.3 is 0 Å². The first-order chi connectivity index (χ1) is 11.1. The Morgan fingerprint density at radius 1 is 1.35 bits per heavy atom. The maximum Gasteiger partial charge on any atom is 0.243 e. The molecule has 0 radical (unpaired) electrons. The highest BCUT2D eigenvalue weighted by atomic mass is 32.2. The van der Waals surface area contributed by atoms with E-state index < -0.39 is 16.1 Å². The summed E-state index contributed by atoms with van der Waals surface area (Å²) in [5, 5.41) is 9.66. The normalized spacial score (nSPS) is 19.6. The van der Waals surface area contributed by atoms with E-state index in [2.05, 4.69) is 4.98 Å². The number of β-amino-alcohol motifs (C(OH)–C–C–N with tert-alkyl or cyclic N) is 1. The van der Waals surface area contributed by atoms with Crippen LogP contribution in [0.15, 0.2) is 40.9 Å². The molecule has 23 heavy (non-hydrogen) atoms. The first-order valence-electron chi connectivity index (χ1n) is 7.34. The Labute approximate surface area is 139 Å². The molecule has 0 bridgehead atoms. The summed E-state index contributed by atoms with van der Waals surface area (Å²) in [6.07, 6.45) is 2.48. The largest absolute Gasteiger partial charge is 0.488 e. The third kappa shape index (κ3) is 3.89. The van der Waals surface area contributed by atoms with Gasteiger partial charge < -0.3 is 9.84 Å². The zero-order chi connectivity index (χ0) is 16.3. The highest BCUT2D eigenvalue weighted by molar-refractivity contribution is 7.89. The fourth-order valence-electron chi connectivity index (χ4n) is 2.46. The van der Waals surface area contributed by atoms with Crippen molar-refractivity contribution in [3.8, 4) is 5.75 Å². The van der Waals surface area contributed by atoms with Crippen LogP contribution >= 0.6 is 11.3 Å². The fraction of sp³-hybridized carbons (Fsp3) is 0.400. The van der Waals surface area contributed by atoms with Crippen molar-refractivity contribution in [2.45, 2.75) is 30.4 Å². The Bertz CT molecular complexity index is 729. The van der Waals surface area contributed by atoms with Crippen molar-refractivity contribution in [1.82, 2.24) is 9.29 Å². The summed E-state index contributed by atoms with van der Waals surface area (Å²) in [5.74, 6) is 0.607. The number of sulfonamides is 1. The summed E-state index contributed by atoms with van der Waals surface area (Å²) >= 11 is 1.51. The molecule has 6 nitrogen and oxygen atoms in total. The Kier molecular flexibility index (Phi) is 4.96. The molecule has 1 N–H and O–H groups in total. The molecule has 1 aromatic heterocycles. The number of rotatable bonds is 5. The van der Waals surface area contributed by atoms with Crippen LogP contribution in [0.4, 0.5) is 0 Å². The summed E-state index contributed by atoms with van der Waals surface area (Å²) in [7, 11) is -3.56.